The third kappa shape index (κ3) is 2.32. The van der Waals surface area contributed by atoms with Gasteiger partial charge in [-0.2, -0.15) is 0 Å². The Hall–Kier alpha value is -0.340. The van der Waals surface area contributed by atoms with Gasteiger partial charge in [0.25, 0.3) is 0 Å². The molecule has 0 heterocycles. The summed E-state index contributed by atoms with van der Waals surface area (Å²) in [5, 5.41) is 0.730. The molecule has 0 aliphatic rings. The lowest BCUT2D eigenvalue weighted by atomic mass is 10.2. The first-order chi connectivity index (χ1) is 6.20. The Bertz CT molecular complexity index is 299. The van der Waals surface area contributed by atoms with Crippen LogP contribution in [0.5, 0.6) is 5.75 Å². The standard InChI is InChI=1S/C10H13ClOS/c1-4-12-10-8(13-3)6-5-7(2)9(10)11/h5-6H,4H2,1-3H3. The average Bonchev–Trinajstić information content (AvgIpc) is 2.14. The highest BCUT2D eigenvalue weighted by molar-refractivity contribution is 7.98. The van der Waals surface area contributed by atoms with Crippen LogP contribution in [-0.2, 0) is 0 Å². The summed E-state index contributed by atoms with van der Waals surface area (Å²) >= 11 is 7.77. The fraction of sp³-hybridized carbons (Fsp3) is 0.400. The van der Waals surface area contributed by atoms with E-state index in [0.29, 0.717) is 6.61 Å². The van der Waals surface area contributed by atoms with Gasteiger partial charge in [0.05, 0.1) is 16.5 Å². The van der Waals surface area contributed by atoms with Crippen molar-refractivity contribution >= 4 is 23.4 Å². The largest absolute Gasteiger partial charge is 0.491 e. The lowest BCUT2D eigenvalue weighted by Crippen LogP contribution is -1.95. The van der Waals surface area contributed by atoms with E-state index in [1.165, 1.54) is 0 Å². The van der Waals surface area contributed by atoms with Gasteiger partial charge in [-0.1, -0.05) is 17.7 Å². The monoisotopic (exact) mass is 216 g/mol. The van der Waals surface area contributed by atoms with E-state index >= 15 is 0 Å². The summed E-state index contributed by atoms with van der Waals surface area (Å²) < 4.78 is 5.49. The molecule has 0 fully saturated rings. The van der Waals surface area contributed by atoms with Gasteiger partial charge in [0.1, 0.15) is 0 Å². The molecule has 1 aromatic carbocycles. The maximum atomic E-state index is 6.12. The first-order valence-electron chi connectivity index (χ1n) is 4.16. The van der Waals surface area contributed by atoms with Gasteiger partial charge in [0.15, 0.2) is 5.75 Å². The fourth-order valence-electron chi connectivity index (χ4n) is 1.08. The number of ether oxygens (including phenoxy) is 1. The first kappa shape index (κ1) is 10.7. The zero-order chi connectivity index (χ0) is 9.84. The molecule has 0 amide bonds. The Labute approximate surface area is 88.4 Å². The van der Waals surface area contributed by atoms with Crippen LogP contribution >= 0.6 is 23.4 Å². The molecule has 0 N–H and O–H groups in total. The van der Waals surface area contributed by atoms with Crippen LogP contribution in [0.25, 0.3) is 0 Å². The lowest BCUT2D eigenvalue weighted by molar-refractivity contribution is 0.332. The van der Waals surface area contributed by atoms with Gasteiger partial charge in [0.2, 0.25) is 0 Å². The summed E-state index contributed by atoms with van der Waals surface area (Å²) in [5.41, 5.74) is 1.06. The van der Waals surface area contributed by atoms with Crippen molar-refractivity contribution in [3.8, 4) is 5.75 Å². The predicted octanol–water partition coefficient (Wildman–Crippen LogP) is 3.77. The summed E-state index contributed by atoms with van der Waals surface area (Å²) in [6.07, 6.45) is 2.02. The summed E-state index contributed by atoms with van der Waals surface area (Å²) in [4.78, 5) is 1.09. The molecule has 1 rings (SSSR count). The molecule has 0 saturated carbocycles. The van der Waals surface area contributed by atoms with E-state index in [0.717, 1.165) is 21.2 Å². The summed E-state index contributed by atoms with van der Waals surface area (Å²) in [6.45, 7) is 4.59. The molecular weight excluding hydrogens is 204 g/mol. The number of halogens is 1. The van der Waals surface area contributed by atoms with E-state index < -0.39 is 0 Å². The smallest absolute Gasteiger partial charge is 0.151 e. The molecule has 3 heteroatoms. The maximum Gasteiger partial charge on any atom is 0.151 e. The second kappa shape index (κ2) is 4.77. The molecule has 0 unspecified atom stereocenters. The van der Waals surface area contributed by atoms with Gasteiger partial charge in [-0.25, -0.2) is 0 Å². The van der Waals surface area contributed by atoms with E-state index in [-0.39, 0.29) is 0 Å². The minimum Gasteiger partial charge on any atom is -0.491 e. The van der Waals surface area contributed by atoms with Gasteiger partial charge in [0, 0.05) is 0 Å². The number of hydrogen-bond acceptors (Lipinski definition) is 2. The van der Waals surface area contributed by atoms with Crippen LogP contribution in [0.4, 0.5) is 0 Å². The second-order valence-corrected chi connectivity index (χ2v) is 3.89. The van der Waals surface area contributed by atoms with E-state index in [9.17, 15) is 0 Å². The minimum atomic E-state index is 0.650. The van der Waals surface area contributed by atoms with Crippen molar-refractivity contribution in [2.24, 2.45) is 0 Å². The van der Waals surface area contributed by atoms with E-state index in [4.69, 9.17) is 16.3 Å². The van der Waals surface area contributed by atoms with Gasteiger partial charge in [-0.05, 0) is 31.7 Å². The van der Waals surface area contributed by atoms with Crippen LogP contribution in [0.3, 0.4) is 0 Å². The Morgan fingerprint density at radius 2 is 2.15 bits per heavy atom. The molecule has 0 atom stereocenters. The molecule has 0 aliphatic carbocycles. The molecule has 0 radical (unpaired) electrons. The molecule has 0 aliphatic heterocycles. The predicted molar refractivity (Wildman–Crippen MR) is 59.1 cm³/mol. The van der Waals surface area contributed by atoms with Crippen LogP contribution < -0.4 is 4.74 Å². The van der Waals surface area contributed by atoms with E-state index in [1.807, 2.05) is 32.2 Å². The SMILES string of the molecule is CCOc1c(SC)ccc(C)c1Cl. The zero-order valence-electron chi connectivity index (χ0n) is 8.06. The summed E-state index contributed by atoms with van der Waals surface area (Å²) in [5.74, 6) is 0.816. The highest BCUT2D eigenvalue weighted by Gasteiger charge is 2.09. The number of thioether (sulfide) groups is 1. The lowest BCUT2D eigenvalue weighted by Gasteiger charge is -2.11. The number of benzene rings is 1. The van der Waals surface area contributed by atoms with E-state index in [2.05, 4.69) is 0 Å². The Morgan fingerprint density at radius 1 is 1.46 bits per heavy atom. The van der Waals surface area contributed by atoms with Gasteiger partial charge >= 0.3 is 0 Å². The average molecular weight is 217 g/mol. The van der Waals surface area contributed by atoms with Crippen molar-refractivity contribution in [2.45, 2.75) is 18.7 Å². The normalized spacial score (nSPS) is 10.2. The number of aryl methyl sites for hydroxylation is 1. The minimum absolute atomic E-state index is 0.650. The zero-order valence-corrected chi connectivity index (χ0v) is 9.63. The molecule has 72 valence electrons. The third-order valence-corrected chi connectivity index (χ3v) is 2.99. The molecular formula is C10H13ClOS. The Balaban J connectivity index is 3.15. The van der Waals surface area contributed by atoms with Crippen molar-refractivity contribution in [2.75, 3.05) is 12.9 Å². The third-order valence-electron chi connectivity index (χ3n) is 1.76. The highest BCUT2D eigenvalue weighted by atomic mass is 35.5. The van der Waals surface area contributed by atoms with E-state index in [1.54, 1.807) is 11.8 Å². The molecule has 0 saturated heterocycles. The topological polar surface area (TPSA) is 9.23 Å². The van der Waals surface area contributed by atoms with Crippen LogP contribution in [0.2, 0.25) is 5.02 Å². The number of hydrogen-bond donors (Lipinski definition) is 0. The van der Waals surface area contributed by atoms with Gasteiger partial charge in [-0.15, -0.1) is 11.8 Å². The van der Waals surface area contributed by atoms with Crippen LogP contribution in [0, 0.1) is 6.92 Å². The van der Waals surface area contributed by atoms with Crippen molar-refractivity contribution in [1.82, 2.24) is 0 Å². The van der Waals surface area contributed by atoms with Gasteiger partial charge < -0.3 is 4.74 Å². The molecule has 0 aromatic heterocycles. The first-order valence-corrected chi connectivity index (χ1v) is 5.76. The van der Waals surface area contributed by atoms with Crippen molar-refractivity contribution in [3.63, 3.8) is 0 Å². The molecule has 0 bridgehead atoms. The Morgan fingerprint density at radius 3 is 2.69 bits per heavy atom. The molecule has 1 nitrogen and oxygen atoms in total. The summed E-state index contributed by atoms with van der Waals surface area (Å²) in [7, 11) is 0. The van der Waals surface area contributed by atoms with Crippen molar-refractivity contribution < 1.29 is 4.74 Å². The van der Waals surface area contributed by atoms with Crippen LogP contribution in [0.1, 0.15) is 12.5 Å². The Kier molecular flexibility index (Phi) is 3.94. The number of rotatable bonds is 3. The van der Waals surface area contributed by atoms with Gasteiger partial charge in [-0.3, -0.25) is 0 Å². The quantitative estimate of drug-likeness (QED) is 0.712. The molecule has 13 heavy (non-hydrogen) atoms. The highest BCUT2D eigenvalue weighted by Crippen LogP contribution is 2.36. The molecule has 1 aromatic rings. The molecule has 0 spiro atoms. The van der Waals surface area contributed by atoms with Crippen molar-refractivity contribution in [1.29, 1.82) is 0 Å². The maximum absolute atomic E-state index is 6.12. The van der Waals surface area contributed by atoms with Crippen LogP contribution in [-0.4, -0.2) is 12.9 Å². The second-order valence-electron chi connectivity index (χ2n) is 2.66. The fourth-order valence-corrected chi connectivity index (χ4v) is 1.90. The summed E-state index contributed by atoms with van der Waals surface area (Å²) in [6, 6.07) is 4.05. The van der Waals surface area contributed by atoms with Crippen molar-refractivity contribution in [3.05, 3.63) is 22.7 Å². The van der Waals surface area contributed by atoms with Crippen LogP contribution in [0.15, 0.2) is 17.0 Å².